The van der Waals surface area contributed by atoms with Gasteiger partial charge < -0.3 is 5.11 Å². The first-order chi connectivity index (χ1) is 6.84. The van der Waals surface area contributed by atoms with Gasteiger partial charge in [-0.1, -0.05) is 0 Å². The van der Waals surface area contributed by atoms with Crippen LogP contribution in [0.3, 0.4) is 0 Å². The fourth-order valence-electron chi connectivity index (χ4n) is 1.31. The first-order valence-electron chi connectivity index (χ1n) is 4.42. The quantitative estimate of drug-likeness (QED) is 0.866. The molecule has 2 aromatic rings. The molecule has 1 N–H and O–H groups in total. The lowest BCUT2D eigenvalue weighted by atomic mass is 10.1. The minimum absolute atomic E-state index is 0.309. The van der Waals surface area contributed by atoms with E-state index >= 15 is 0 Å². The summed E-state index contributed by atoms with van der Waals surface area (Å²) < 4.78 is 0. The zero-order chi connectivity index (χ0) is 9.80. The van der Waals surface area contributed by atoms with E-state index in [1.54, 1.807) is 28.9 Å². The highest BCUT2D eigenvalue weighted by molar-refractivity contribution is 7.09. The van der Waals surface area contributed by atoms with Crippen molar-refractivity contribution in [1.29, 1.82) is 0 Å². The standard InChI is InChI=1S/C10H11NOS2/c12-9(5-8-1-3-13-7-8)6-10-11-2-4-14-10/h1-4,7,9,12H,5-6H2. The Morgan fingerprint density at radius 3 is 2.93 bits per heavy atom. The molecule has 0 amide bonds. The minimum Gasteiger partial charge on any atom is -0.392 e. The van der Waals surface area contributed by atoms with Crippen LogP contribution in [-0.2, 0) is 12.8 Å². The van der Waals surface area contributed by atoms with Crippen molar-refractivity contribution in [2.24, 2.45) is 0 Å². The van der Waals surface area contributed by atoms with Crippen LogP contribution in [0.5, 0.6) is 0 Å². The van der Waals surface area contributed by atoms with Crippen molar-refractivity contribution < 1.29 is 5.11 Å². The van der Waals surface area contributed by atoms with Gasteiger partial charge in [-0.05, 0) is 28.8 Å². The van der Waals surface area contributed by atoms with Crippen molar-refractivity contribution in [3.05, 3.63) is 39.0 Å². The van der Waals surface area contributed by atoms with E-state index in [1.807, 2.05) is 10.8 Å². The maximum Gasteiger partial charge on any atom is 0.0950 e. The van der Waals surface area contributed by atoms with E-state index in [4.69, 9.17) is 0 Å². The number of rotatable bonds is 4. The second-order valence-corrected chi connectivity index (χ2v) is 4.88. The molecule has 2 aromatic heterocycles. The Kier molecular flexibility index (Phi) is 3.29. The number of aliphatic hydroxyl groups excluding tert-OH is 1. The number of aromatic nitrogens is 1. The molecule has 0 bridgehead atoms. The first kappa shape index (κ1) is 9.83. The third kappa shape index (κ3) is 2.64. The molecule has 0 radical (unpaired) electrons. The Bertz CT molecular complexity index is 319. The molecule has 1 atom stereocenters. The van der Waals surface area contributed by atoms with Crippen LogP contribution >= 0.6 is 22.7 Å². The molecular formula is C10H11NOS2. The van der Waals surface area contributed by atoms with Gasteiger partial charge in [0.05, 0.1) is 11.1 Å². The summed E-state index contributed by atoms with van der Waals surface area (Å²) in [5, 5.41) is 16.8. The average Bonchev–Trinajstić information content (AvgIpc) is 2.76. The number of hydrogen-bond donors (Lipinski definition) is 1. The number of thiazole rings is 1. The van der Waals surface area contributed by atoms with Crippen LogP contribution < -0.4 is 0 Å². The van der Waals surface area contributed by atoms with Crippen molar-refractivity contribution in [1.82, 2.24) is 4.98 Å². The van der Waals surface area contributed by atoms with Gasteiger partial charge in [0.25, 0.3) is 0 Å². The van der Waals surface area contributed by atoms with Gasteiger partial charge in [-0.25, -0.2) is 4.98 Å². The molecule has 0 aromatic carbocycles. The molecule has 0 aliphatic rings. The Morgan fingerprint density at radius 2 is 2.29 bits per heavy atom. The highest BCUT2D eigenvalue weighted by Crippen LogP contribution is 2.13. The van der Waals surface area contributed by atoms with Crippen LogP contribution in [0.2, 0.25) is 0 Å². The third-order valence-electron chi connectivity index (χ3n) is 1.95. The van der Waals surface area contributed by atoms with Gasteiger partial charge in [0.2, 0.25) is 0 Å². The monoisotopic (exact) mass is 225 g/mol. The second kappa shape index (κ2) is 4.68. The Hall–Kier alpha value is -0.710. The van der Waals surface area contributed by atoms with Gasteiger partial charge in [-0.2, -0.15) is 11.3 Å². The molecule has 0 aliphatic carbocycles. The van der Waals surface area contributed by atoms with E-state index < -0.39 is 0 Å². The molecule has 0 saturated carbocycles. The van der Waals surface area contributed by atoms with E-state index in [0.29, 0.717) is 6.42 Å². The molecule has 2 nitrogen and oxygen atoms in total. The number of hydrogen-bond acceptors (Lipinski definition) is 4. The van der Waals surface area contributed by atoms with Crippen LogP contribution in [0.1, 0.15) is 10.6 Å². The predicted octanol–water partition coefficient (Wildman–Crippen LogP) is 2.35. The van der Waals surface area contributed by atoms with Gasteiger partial charge in [0, 0.05) is 18.0 Å². The van der Waals surface area contributed by atoms with E-state index in [0.717, 1.165) is 11.4 Å². The lowest BCUT2D eigenvalue weighted by Gasteiger charge is -2.06. The van der Waals surface area contributed by atoms with Gasteiger partial charge in [0.1, 0.15) is 0 Å². The zero-order valence-electron chi connectivity index (χ0n) is 7.59. The van der Waals surface area contributed by atoms with Gasteiger partial charge in [-0.3, -0.25) is 0 Å². The summed E-state index contributed by atoms with van der Waals surface area (Å²) in [5.41, 5.74) is 1.21. The Morgan fingerprint density at radius 1 is 1.36 bits per heavy atom. The van der Waals surface area contributed by atoms with Crippen LogP contribution in [0.4, 0.5) is 0 Å². The minimum atomic E-state index is -0.309. The number of thiophene rings is 1. The molecule has 4 heteroatoms. The lowest BCUT2D eigenvalue weighted by molar-refractivity contribution is 0.175. The zero-order valence-corrected chi connectivity index (χ0v) is 9.22. The molecule has 0 fully saturated rings. The summed E-state index contributed by atoms with van der Waals surface area (Å²) in [4.78, 5) is 4.15. The number of aliphatic hydroxyl groups is 1. The molecule has 14 heavy (non-hydrogen) atoms. The van der Waals surface area contributed by atoms with E-state index in [9.17, 15) is 5.11 Å². The number of nitrogens with zero attached hydrogens (tertiary/aromatic N) is 1. The van der Waals surface area contributed by atoms with Crippen LogP contribution in [0.15, 0.2) is 28.4 Å². The molecule has 0 spiro atoms. The normalized spacial score (nSPS) is 12.9. The van der Waals surface area contributed by atoms with Crippen molar-refractivity contribution in [3.8, 4) is 0 Å². The lowest BCUT2D eigenvalue weighted by Crippen LogP contribution is -2.13. The molecule has 74 valence electrons. The third-order valence-corrected chi connectivity index (χ3v) is 3.48. The summed E-state index contributed by atoms with van der Waals surface area (Å²) >= 11 is 3.26. The van der Waals surface area contributed by atoms with Crippen molar-refractivity contribution in [3.63, 3.8) is 0 Å². The summed E-state index contributed by atoms with van der Waals surface area (Å²) in [6.45, 7) is 0. The van der Waals surface area contributed by atoms with Gasteiger partial charge in [-0.15, -0.1) is 11.3 Å². The summed E-state index contributed by atoms with van der Waals surface area (Å²) in [5.74, 6) is 0. The Balaban J connectivity index is 1.88. The molecule has 2 rings (SSSR count). The Labute approximate surface area is 90.9 Å². The molecular weight excluding hydrogens is 214 g/mol. The predicted molar refractivity (Wildman–Crippen MR) is 59.8 cm³/mol. The highest BCUT2D eigenvalue weighted by Gasteiger charge is 2.08. The summed E-state index contributed by atoms with van der Waals surface area (Å²) in [6, 6.07) is 2.05. The van der Waals surface area contributed by atoms with Gasteiger partial charge >= 0.3 is 0 Å². The van der Waals surface area contributed by atoms with E-state index in [1.165, 1.54) is 5.56 Å². The molecule has 0 saturated heterocycles. The maximum atomic E-state index is 9.76. The second-order valence-electron chi connectivity index (χ2n) is 3.12. The van der Waals surface area contributed by atoms with Crippen molar-refractivity contribution in [2.45, 2.75) is 18.9 Å². The molecule has 2 heterocycles. The fourth-order valence-corrected chi connectivity index (χ4v) is 2.68. The van der Waals surface area contributed by atoms with Crippen LogP contribution in [0.25, 0.3) is 0 Å². The molecule has 0 aliphatic heterocycles. The summed E-state index contributed by atoms with van der Waals surface area (Å²) in [6.07, 6.45) is 2.85. The van der Waals surface area contributed by atoms with Crippen molar-refractivity contribution in [2.75, 3.05) is 0 Å². The topological polar surface area (TPSA) is 33.1 Å². The van der Waals surface area contributed by atoms with E-state index in [-0.39, 0.29) is 6.10 Å². The first-order valence-corrected chi connectivity index (χ1v) is 6.24. The largest absolute Gasteiger partial charge is 0.392 e. The smallest absolute Gasteiger partial charge is 0.0950 e. The maximum absolute atomic E-state index is 9.76. The van der Waals surface area contributed by atoms with Gasteiger partial charge in [0.15, 0.2) is 0 Å². The fraction of sp³-hybridized carbons (Fsp3) is 0.300. The summed E-state index contributed by atoms with van der Waals surface area (Å²) in [7, 11) is 0. The SMILES string of the molecule is OC(Cc1ccsc1)Cc1nccs1. The van der Waals surface area contributed by atoms with E-state index in [2.05, 4.69) is 16.4 Å². The van der Waals surface area contributed by atoms with Crippen molar-refractivity contribution >= 4 is 22.7 Å². The molecule has 1 unspecified atom stereocenters. The van der Waals surface area contributed by atoms with Crippen LogP contribution in [-0.4, -0.2) is 16.2 Å². The average molecular weight is 225 g/mol. The van der Waals surface area contributed by atoms with Crippen LogP contribution in [0, 0.1) is 0 Å². The highest BCUT2D eigenvalue weighted by atomic mass is 32.1.